The van der Waals surface area contributed by atoms with Crippen LogP contribution < -0.4 is 5.73 Å². The summed E-state index contributed by atoms with van der Waals surface area (Å²) in [4.78, 5) is 0. The molecule has 0 radical (unpaired) electrons. The molecule has 1 atom stereocenters. The van der Waals surface area contributed by atoms with Gasteiger partial charge >= 0.3 is 0 Å². The summed E-state index contributed by atoms with van der Waals surface area (Å²) in [6.07, 6.45) is 0. The van der Waals surface area contributed by atoms with Crippen LogP contribution >= 0.6 is 0 Å². The minimum atomic E-state index is 0.000191. The van der Waals surface area contributed by atoms with Crippen LogP contribution in [0.25, 0.3) is 0 Å². The van der Waals surface area contributed by atoms with Crippen molar-refractivity contribution in [1.29, 1.82) is 0 Å². The van der Waals surface area contributed by atoms with Crippen molar-refractivity contribution < 1.29 is 5.21 Å². The summed E-state index contributed by atoms with van der Waals surface area (Å²) in [7, 11) is 0. The molecule has 1 rings (SSSR count). The van der Waals surface area contributed by atoms with Gasteiger partial charge in [0.05, 0.1) is 0 Å². The molecule has 0 bridgehead atoms. The lowest BCUT2D eigenvalue weighted by Gasteiger charge is -2.20. The van der Waals surface area contributed by atoms with E-state index in [4.69, 9.17) is 5.73 Å². The molecule has 0 fully saturated rings. The first-order valence-corrected chi connectivity index (χ1v) is 4.43. The van der Waals surface area contributed by atoms with E-state index in [0.29, 0.717) is 13.1 Å². The monoisotopic (exact) mass is 180 g/mol. The molecular formula is C10H16N2O. The van der Waals surface area contributed by atoms with Gasteiger partial charge in [0.25, 0.3) is 0 Å². The second-order valence-electron chi connectivity index (χ2n) is 3.17. The Labute approximate surface area is 78.7 Å². The molecular weight excluding hydrogens is 164 g/mol. The van der Waals surface area contributed by atoms with E-state index in [2.05, 4.69) is 0 Å². The van der Waals surface area contributed by atoms with E-state index in [1.165, 1.54) is 5.06 Å². The Morgan fingerprint density at radius 3 is 2.54 bits per heavy atom. The van der Waals surface area contributed by atoms with Gasteiger partial charge < -0.3 is 10.9 Å². The first kappa shape index (κ1) is 10.2. The number of nitrogens with zero attached hydrogens (tertiary/aromatic N) is 1. The molecule has 0 spiro atoms. The summed E-state index contributed by atoms with van der Waals surface area (Å²) in [6, 6.07) is 9.82. The second kappa shape index (κ2) is 4.97. The van der Waals surface area contributed by atoms with Crippen LogP contribution in [-0.2, 0) is 6.54 Å². The Morgan fingerprint density at radius 1 is 1.38 bits per heavy atom. The first-order valence-electron chi connectivity index (χ1n) is 4.43. The topological polar surface area (TPSA) is 49.5 Å². The maximum absolute atomic E-state index is 9.52. The van der Waals surface area contributed by atoms with Gasteiger partial charge in [0.15, 0.2) is 0 Å². The van der Waals surface area contributed by atoms with Crippen LogP contribution in [0.2, 0.25) is 0 Å². The van der Waals surface area contributed by atoms with E-state index < -0.39 is 0 Å². The van der Waals surface area contributed by atoms with Crippen LogP contribution in [0.5, 0.6) is 0 Å². The van der Waals surface area contributed by atoms with Crippen LogP contribution in [0, 0.1) is 0 Å². The molecule has 0 aliphatic heterocycles. The molecule has 3 nitrogen and oxygen atoms in total. The standard InChI is InChI=1S/C10H16N2O/c1-9(7-11)12(13)8-10-5-3-2-4-6-10/h2-6,9,13H,7-8,11H2,1H3. The molecule has 13 heavy (non-hydrogen) atoms. The molecule has 0 saturated carbocycles. The molecule has 1 aromatic rings. The van der Waals surface area contributed by atoms with Crippen molar-refractivity contribution >= 4 is 0 Å². The third-order valence-corrected chi connectivity index (χ3v) is 2.04. The third kappa shape index (κ3) is 3.14. The van der Waals surface area contributed by atoms with Crippen LogP contribution in [0.15, 0.2) is 30.3 Å². The number of hydrogen-bond donors (Lipinski definition) is 2. The molecule has 3 heteroatoms. The zero-order valence-electron chi connectivity index (χ0n) is 7.85. The Hall–Kier alpha value is -0.900. The Balaban J connectivity index is 2.50. The number of hydrogen-bond acceptors (Lipinski definition) is 3. The first-order chi connectivity index (χ1) is 6.24. The lowest BCUT2D eigenvalue weighted by molar-refractivity contribution is -0.127. The Kier molecular flexibility index (Phi) is 3.89. The maximum Gasteiger partial charge on any atom is 0.0492 e. The molecule has 72 valence electrons. The van der Waals surface area contributed by atoms with Gasteiger partial charge in [-0.05, 0) is 12.5 Å². The largest absolute Gasteiger partial charge is 0.329 e. The molecule has 0 amide bonds. The lowest BCUT2D eigenvalue weighted by atomic mass is 10.2. The van der Waals surface area contributed by atoms with Gasteiger partial charge in [-0.25, -0.2) is 0 Å². The average Bonchev–Trinajstić information content (AvgIpc) is 2.18. The van der Waals surface area contributed by atoms with Crippen molar-refractivity contribution in [3.05, 3.63) is 35.9 Å². The molecule has 0 saturated heterocycles. The summed E-state index contributed by atoms with van der Waals surface area (Å²) in [5.74, 6) is 0. The molecule has 0 aliphatic rings. The van der Waals surface area contributed by atoms with Crippen LogP contribution in [-0.4, -0.2) is 22.9 Å². The molecule has 1 unspecified atom stereocenters. The third-order valence-electron chi connectivity index (χ3n) is 2.04. The predicted octanol–water partition coefficient (Wildman–Crippen LogP) is 1.22. The van der Waals surface area contributed by atoms with Gasteiger partial charge in [-0.2, -0.15) is 5.06 Å². The van der Waals surface area contributed by atoms with Crippen LogP contribution in [0.1, 0.15) is 12.5 Å². The Morgan fingerprint density at radius 2 is 2.00 bits per heavy atom. The van der Waals surface area contributed by atoms with Gasteiger partial charge in [0.2, 0.25) is 0 Å². The number of nitrogens with two attached hydrogens (primary N) is 1. The van der Waals surface area contributed by atoms with Gasteiger partial charge in [-0.15, -0.1) is 0 Å². The van der Waals surface area contributed by atoms with Gasteiger partial charge in [-0.3, -0.25) is 0 Å². The van der Waals surface area contributed by atoms with Crippen LogP contribution in [0.3, 0.4) is 0 Å². The number of rotatable bonds is 4. The van der Waals surface area contributed by atoms with Crippen molar-refractivity contribution in [3.8, 4) is 0 Å². The number of hydroxylamine groups is 2. The Bertz CT molecular complexity index is 238. The van der Waals surface area contributed by atoms with Gasteiger partial charge in [0, 0.05) is 19.1 Å². The summed E-state index contributed by atoms with van der Waals surface area (Å²) in [5.41, 5.74) is 6.51. The normalized spacial score (nSPS) is 13.2. The van der Waals surface area contributed by atoms with Crippen molar-refractivity contribution in [2.24, 2.45) is 5.73 Å². The number of benzene rings is 1. The lowest BCUT2D eigenvalue weighted by Crippen LogP contribution is -2.35. The van der Waals surface area contributed by atoms with Gasteiger partial charge in [-0.1, -0.05) is 30.3 Å². The predicted molar refractivity (Wildman–Crippen MR) is 52.3 cm³/mol. The van der Waals surface area contributed by atoms with Crippen molar-refractivity contribution in [2.75, 3.05) is 6.54 Å². The van der Waals surface area contributed by atoms with Crippen LogP contribution in [0.4, 0.5) is 0 Å². The maximum atomic E-state index is 9.52. The zero-order valence-corrected chi connectivity index (χ0v) is 7.85. The highest BCUT2D eigenvalue weighted by Gasteiger charge is 2.08. The average molecular weight is 180 g/mol. The smallest absolute Gasteiger partial charge is 0.0492 e. The molecule has 0 aliphatic carbocycles. The highest BCUT2D eigenvalue weighted by atomic mass is 16.5. The fourth-order valence-corrected chi connectivity index (χ4v) is 1.05. The molecule has 0 aromatic heterocycles. The second-order valence-corrected chi connectivity index (χ2v) is 3.17. The minimum Gasteiger partial charge on any atom is -0.329 e. The molecule has 1 aromatic carbocycles. The van der Waals surface area contributed by atoms with Crippen molar-refractivity contribution in [1.82, 2.24) is 5.06 Å². The van der Waals surface area contributed by atoms with E-state index in [-0.39, 0.29) is 6.04 Å². The summed E-state index contributed by atoms with van der Waals surface area (Å²) in [5, 5.41) is 10.8. The van der Waals surface area contributed by atoms with Gasteiger partial charge in [0.1, 0.15) is 0 Å². The van der Waals surface area contributed by atoms with Crippen molar-refractivity contribution in [2.45, 2.75) is 19.5 Å². The quantitative estimate of drug-likeness (QED) is 0.685. The highest BCUT2D eigenvalue weighted by molar-refractivity contribution is 5.14. The van der Waals surface area contributed by atoms with E-state index in [1.807, 2.05) is 37.3 Å². The van der Waals surface area contributed by atoms with E-state index in [9.17, 15) is 5.21 Å². The summed E-state index contributed by atoms with van der Waals surface area (Å²) >= 11 is 0. The highest BCUT2D eigenvalue weighted by Crippen LogP contribution is 2.04. The van der Waals surface area contributed by atoms with Crippen molar-refractivity contribution in [3.63, 3.8) is 0 Å². The fourth-order valence-electron chi connectivity index (χ4n) is 1.05. The summed E-state index contributed by atoms with van der Waals surface area (Å²) in [6.45, 7) is 2.88. The summed E-state index contributed by atoms with van der Waals surface area (Å²) < 4.78 is 0. The van der Waals surface area contributed by atoms with E-state index >= 15 is 0 Å². The SMILES string of the molecule is CC(CN)N(O)Cc1ccccc1. The fraction of sp³-hybridized carbons (Fsp3) is 0.400. The zero-order chi connectivity index (χ0) is 9.68. The molecule has 3 N–H and O–H groups in total. The minimum absolute atomic E-state index is 0.000191. The molecule has 0 heterocycles. The van der Waals surface area contributed by atoms with E-state index in [1.54, 1.807) is 0 Å². The van der Waals surface area contributed by atoms with E-state index in [0.717, 1.165) is 5.56 Å².